The first-order chi connectivity index (χ1) is 7.88. The van der Waals surface area contributed by atoms with Gasteiger partial charge in [-0.15, -0.1) is 0 Å². The van der Waals surface area contributed by atoms with Crippen molar-refractivity contribution in [2.24, 2.45) is 0 Å². The minimum atomic E-state index is 1.01. The van der Waals surface area contributed by atoms with Crippen LogP contribution in [0.1, 0.15) is 34.6 Å². The molecule has 0 amide bonds. The van der Waals surface area contributed by atoms with Gasteiger partial charge in [0.1, 0.15) is 0 Å². The average Bonchev–Trinajstić information content (AvgIpc) is 2.23. The van der Waals surface area contributed by atoms with Crippen LogP contribution < -0.4 is 0 Å². The second-order valence-electron chi connectivity index (χ2n) is 4.62. The summed E-state index contributed by atoms with van der Waals surface area (Å²) in [6.45, 7) is 18.3. The first-order valence-corrected chi connectivity index (χ1v) is 5.87. The molecule has 0 bridgehead atoms. The van der Waals surface area contributed by atoms with Crippen molar-refractivity contribution in [2.45, 2.75) is 34.6 Å². The molecule has 0 fully saturated rings. The zero-order chi connectivity index (χ0) is 13.4. The molecule has 17 heavy (non-hydrogen) atoms. The molecule has 0 unspecified atom stereocenters. The Balaban J connectivity index is 5.03. The predicted octanol–water partition coefficient (Wildman–Crippen LogP) is 5.53. The summed E-state index contributed by atoms with van der Waals surface area (Å²) < 4.78 is 0. The maximum absolute atomic E-state index is 4.09. The molecule has 92 valence electrons. The fourth-order valence-electron chi connectivity index (χ4n) is 1.17. The fraction of sp³-hybridized carbons (Fsp3) is 0.294. The molecule has 0 atom stereocenters. The summed E-state index contributed by atoms with van der Waals surface area (Å²) >= 11 is 0. The van der Waals surface area contributed by atoms with E-state index in [1.54, 1.807) is 6.08 Å². The molecule has 0 heteroatoms. The van der Waals surface area contributed by atoms with Gasteiger partial charge in [0.15, 0.2) is 0 Å². The Hall–Kier alpha value is -1.56. The lowest BCUT2D eigenvalue weighted by atomic mass is 10.0. The molecule has 0 N–H and O–H groups in total. The summed E-state index contributed by atoms with van der Waals surface area (Å²) in [6.07, 6.45) is 10.1. The smallest absolute Gasteiger partial charge is 0.0191 e. The topological polar surface area (TPSA) is 0 Å². The molecule has 0 rings (SSSR count). The van der Waals surface area contributed by atoms with E-state index in [4.69, 9.17) is 0 Å². The summed E-state index contributed by atoms with van der Waals surface area (Å²) in [5.41, 5.74) is 5.97. The Bertz CT molecular complexity index is 401. The van der Waals surface area contributed by atoms with Crippen molar-refractivity contribution in [2.75, 3.05) is 0 Å². The van der Waals surface area contributed by atoms with Crippen molar-refractivity contribution < 1.29 is 0 Å². The van der Waals surface area contributed by atoms with Gasteiger partial charge in [-0.25, -0.2) is 0 Å². The molecule has 0 aromatic carbocycles. The summed E-state index contributed by atoms with van der Waals surface area (Å²) in [7, 11) is 0. The average molecular weight is 228 g/mol. The Morgan fingerprint density at radius 3 is 1.94 bits per heavy atom. The number of allylic oxidation sites excluding steroid dienone is 10. The largest absolute Gasteiger partial charge is 0.0990 e. The Kier molecular flexibility index (Phi) is 6.97. The van der Waals surface area contributed by atoms with Crippen LogP contribution in [-0.4, -0.2) is 0 Å². The summed E-state index contributed by atoms with van der Waals surface area (Å²) in [6, 6.07) is 0. The normalized spacial score (nSPS) is 11.2. The van der Waals surface area contributed by atoms with E-state index < -0.39 is 0 Å². The summed E-state index contributed by atoms with van der Waals surface area (Å²) in [5.74, 6) is 0. The third kappa shape index (κ3) is 6.57. The van der Waals surface area contributed by atoms with E-state index in [1.807, 2.05) is 6.08 Å². The van der Waals surface area contributed by atoms with E-state index in [2.05, 4.69) is 66.0 Å². The summed E-state index contributed by atoms with van der Waals surface area (Å²) in [5, 5.41) is 0. The lowest BCUT2D eigenvalue weighted by Crippen LogP contribution is -1.83. The van der Waals surface area contributed by atoms with E-state index >= 15 is 0 Å². The molecular weight excluding hydrogens is 204 g/mol. The fourth-order valence-corrected chi connectivity index (χ4v) is 1.17. The maximum Gasteiger partial charge on any atom is -0.0191 e. The van der Waals surface area contributed by atoms with Crippen molar-refractivity contribution in [1.82, 2.24) is 0 Å². The van der Waals surface area contributed by atoms with Gasteiger partial charge in [0.25, 0.3) is 0 Å². The van der Waals surface area contributed by atoms with Crippen LogP contribution in [-0.2, 0) is 0 Å². The van der Waals surface area contributed by atoms with Gasteiger partial charge in [0, 0.05) is 0 Å². The van der Waals surface area contributed by atoms with Crippen molar-refractivity contribution in [1.29, 1.82) is 0 Å². The van der Waals surface area contributed by atoms with Gasteiger partial charge in [-0.3, -0.25) is 0 Å². The molecule has 0 nitrogen and oxygen atoms in total. The third-order valence-electron chi connectivity index (χ3n) is 2.44. The van der Waals surface area contributed by atoms with Crippen LogP contribution in [0.15, 0.2) is 71.4 Å². The van der Waals surface area contributed by atoms with Gasteiger partial charge in [0.05, 0.1) is 0 Å². The lowest BCUT2D eigenvalue weighted by Gasteiger charge is -2.03. The van der Waals surface area contributed by atoms with E-state index in [-0.39, 0.29) is 0 Å². The molecule has 0 spiro atoms. The van der Waals surface area contributed by atoms with Crippen LogP contribution >= 0.6 is 0 Å². The molecule has 0 aliphatic heterocycles. The van der Waals surface area contributed by atoms with Gasteiger partial charge in [-0.1, -0.05) is 60.3 Å². The molecular formula is C17H24. The van der Waals surface area contributed by atoms with Crippen molar-refractivity contribution in [3.63, 3.8) is 0 Å². The minimum Gasteiger partial charge on any atom is -0.0990 e. The maximum atomic E-state index is 4.09. The van der Waals surface area contributed by atoms with Gasteiger partial charge < -0.3 is 0 Å². The molecule has 0 aliphatic rings. The number of hydrogen-bond acceptors (Lipinski definition) is 0. The molecule has 0 aromatic heterocycles. The zero-order valence-electron chi connectivity index (χ0n) is 11.8. The second kappa shape index (κ2) is 7.67. The highest BCUT2D eigenvalue weighted by Gasteiger charge is 1.95. The van der Waals surface area contributed by atoms with Crippen molar-refractivity contribution >= 4 is 0 Å². The van der Waals surface area contributed by atoms with Crippen LogP contribution in [0.4, 0.5) is 0 Å². The van der Waals surface area contributed by atoms with Gasteiger partial charge in [-0.2, -0.15) is 0 Å². The SMILES string of the molecule is C=C/C=C(\C=C(C)C)C(=C)/C=C\C(C)=C(C)C. The predicted molar refractivity (Wildman–Crippen MR) is 80.0 cm³/mol. The monoisotopic (exact) mass is 228 g/mol. The Morgan fingerprint density at radius 1 is 0.941 bits per heavy atom. The molecule has 0 aliphatic carbocycles. The van der Waals surface area contributed by atoms with Crippen LogP contribution in [0.2, 0.25) is 0 Å². The second-order valence-corrected chi connectivity index (χ2v) is 4.62. The van der Waals surface area contributed by atoms with E-state index in [9.17, 15) is 0 Å². The molecule has 0 saturated heterocycles. The number of hydrogen-bond donors (Lipinski definition) is 0. The summed E-state index contributed by atoms with van der Waals surface area (Å²) in [4.78, 5) is 0. The quantitative estimate of drug-likeness (QED) is 0.542. The first-order valence-electron chi connectivity index (χ1n) is 5.87. The van der Waals surface area contributed by atoms with Crippen molar-refractivity contribution in [3.05, 3.63) is 71.4 Å². The molecule has 0 radical (unpaired) electrons. The lowest BCUT2D eigenvalue weighted by molar-refractivity contribution is 1.29. The van der Waals surface area contributed by atoms with Crippen LogP contribution in [0.3, 0.4) is 0 Å². The van der Waals surface area contributed by atoms with Gasteiger partial charge in [-0.05, 0) is 45.8 Å². The van der Waals surface area contributed by atoms with Crippen molar-refractivity contribution in [3.8, 4) is 0 Å². The Morgan fingerprint density at radius 2 is 1.53 bits per heavy atom. The molecule has 0 heterocycles. The van der Waals surface area contributed by atoms with Gasteiger partial charge in [0.2, 0.25) is 0 Å². The third-order valence-corrected chi connectivity index (χ3v) is 2.44. The number of rotatable bonds is 5. The van der Waals surface area contributed by atoms with E-state index in [0.29, 0.717) is 0 Å². The van der Waals surface area contributed by atoms with Crippen LogP contribution in [0.25, 0.3) is 0 Å². The zero-order valence-corrected chi connectivity index (χ0v) is 11.8. The van der Waals surface area contributed by atoms with E-state index in [1.165, 1.54) is 16.7 Å². The Labute approximate surface area is 106 Å². The van der Waals surface area contributed by atoms with E-state index in [0.717, 1.165) is 11.1 Å². The molecule has 0 aromatic rings. The minimum absolute atomic E-state index is 1.01. The van der Waals surface area contributed by atoms with Crippen LogP contribution in [0.5, 0.6) is 0 Å². The highest BCUT2D eigenvalue weighted by molar-refractivity contribution is 5.48. The first kappa shape index (κ1) is 15.4. The highest BCUT2D eigenvalue weighted by Crippen LogP contribution is 2.15. The standard InChI is InChI=1S/C17H24/c1-8-9-17(12-13(2)3)16(7)11-10-15(6)14(4)5/h8-12H,1,7H2,2-6H3/b11-10-,17-9+. The van der Waals surface area contributed by atoms with Crippen LogP contribution in [0, 0.1) is 0 Å². The molecule has 0 saturated carbocycles. The highest BCUT2D eigenvalue weighted by atomic mass is 14.0. The van der Waals surface area contributed by atoms with Gasteiger partial charge >= 0.3 is 0 Å².